The van der Waals surface area contributed by atoms with E-state index in [1.165, 1.54) is 0 Å². The fraction of sp³-hybridized carbons (Fsp3) is 0. The van der Waals surface area contributed by atoms with Gasteiger partial charge in [0.1, 0.15) is 5.82 Å². The molecule has 0 unspecified atom stereocenters. The lowest BCUT2D eigenvalue weighted by molar-refractivity contribution is -0.103. The molecule has 2 heterocycles. The van der Waals surface area contributed by atoms with Crippen molar-refractivity contribution in [3.05, 3.63) is 52.5 Å². The summed E-state index contributed by atoms with van der Waals surface area (Å²) in [7, 11) is 0. The molecule has 1 aromatic heterocycles. The summed E-state index contributed by atoms with van der Waals surface area (Å²) >= 11 is 0. The van der Waals surface area contributed by atoms with E-state index in [2.05, 4.69) is 16.4 Å². The van der Waals surface area contributed by atoms with Crippen molar-refractivity contribution in [2.45, 2.75) is 0 Å². The number of carbonyl (C=O) groups is 1. The van der Waals surface area contributed by atoms with Gasteiger partial charge in [-0.1, -0.05) is 24.3 Å². The summed E-state index contributed by atoms with van der Waals surface area (Å²) in [6, 6.07) is 9.82. The van der Waals surface area contributed by atoms with E-state index in [-0.39, 0.29) is 0 Å². The number of aromatic nitrogens is 1. The molecule has 0 atom stereocenters. The molecule has 3 nitrogen and oxygen atoms in total. The lowest BCUT2D eigenvalue weighted by Gasteiger charge is -2.02. The molecule has 1 aliphatic heterocycles. The number of rotatable bonds is 1. The highest BCUT2D eigenvalue weighted by Gasteiger charge is 2.07. The van der Waals surface area contributed by atoms with Crippen LogP contribution < -0.4 is 15.8 Å². The standard InChI is InChI=1S/C13H10N2O/c16-8-12-11-4-2-1-3-9(11)7-10-5-6-14-13(10)15-12/h1-8,14-15H. The third-order valence-electron chi connectivity index (χ3n) is 2.72. The van der Waals surface area contributed by atoms with Crippen molar-refractivity contribution in [3.8, 4) is 0 Å². The molecular formula is C13H10N2O. The Balaban J connectivity index is 2.44. The average molecular weight is 210 g/mol. The molecule has 2 aromatic rings. The van der Waals surface area contributed by atoms with Crippen molar-refractivity contribution in [1.29, 1.82) is 0 Å². The zero-order valence-electron chi connectivity index (χ0n) is 8.53. The first-order valence-electron chi connectivity index (χ1n) is 5.09. The van der Waals surface area contributed by atoms with Gasteiger partial charge in [0.25, 0.3) is 0 Å². The van der Waals surface area contributed by atoms with Gasteiger partial charge in [-0.2, -0.15) is 0 Å². The predicted molar refractivity (Wildman–Crippen MR) is 63.1 cm³/mol. The van der Waals surface area contributed by atoms with Crippen molar-refractivity contribution in [2.24, 2.45) is 0 Å². The molecule has 1 aliphatic rings. The summed E-state index contributed by atoms with van der Waals surface area (Å²) in [5, 5.41) is 5.09. The average Bonchev–Trinajstić information content (AvgIpc) is 2.68. The molecule has 0 spiro atoms. The Morgan fingerprint density at radius 3 is 2.88 bits per heavy atom. The van der Waals surface area contributed by atoms with Crippen LogP contribution in [0.25, 0.3) is 11.8 Å². The molecule has 78 valence electrons. The Morgan fingerprint density at radius 1 is 1.12 bits per heavy atom. The number of hydrogen-bond donors (Lipinski definition) is 2. The summed E-state index contributed by atoms with van der Waals surface area (Å²) in [6.45, 7) is 0. The van der Waals surface area contributed by atoms with Crippen LogP contribution in [0, 0.1) is 0 Å². The van der Waals surface area contributed by atoms with Crippen molar-refractivity contribution >= 4 is 23.9 Å². The highest BCUT2D eigenvalue weighted by atomic mass is 16.1. The van der Waals surface area contributed by atoms with Gasteiger partial charge in [-0.15, -0.1) is 0 Å². The SMILES string of the molecule is O=CC1=c2ccccc2=Cc2cc[nH]c2N1. The van der Waals surface area contributed by atoms with E-state index in [4.69, 9.17) is 0 Å². The van der Waals surface area contributed by atoms with Gasteiger partial charge in [0.2, 0.25) is 0 Å². The summed E-state index contributed by atoms with van der Waals surface area (Å²) in [6.07, 6.45) is 4.76. The first-order chi connectivity index (χ1) is 7.88. The minimum absolute atomic E-state index is 0.591. The van der Waals surface area contributed by atoms with Crippen LogP contribution in [0.5, 0.6) is 0 Å². The number of H-pyrrole nitrogens is 1. The van der Waals surface area contributed by atoms with E-state index in [1.807, 2.05) is 36.5 Å². The predicted octanol–water partition coefficient (Wildman–Crippen LogP) is 0.576. The lowest BCUT2D eigenvalue weighted by Crippen LogP contribution is -2.28. The van der Waals surface area contributed by atoms with Crippen molar-refractivity contribution < 1.29 is 4.79 Å². The second-order valence-corrected chi connectivity index (χ2v) is 3.70. The monoisotopic (exact) mass is 210 g/mol. The van der Waals surface area contributed by atoms with Crippen LogP contribution in [0.3, 0.4) is 0 Å². The Hall–Kier alpha value is -2.29. The van der Waals surface area contributed by atoms with E-state index in [9.17, 15) is 4.79 Å². The van der Waals surface area contributed by atoms with Gasteiger partial charge in [0.15, 0.2) is 6.29 Å². The third kappa shape index (κ3) is 1.26. The minimum atomic E-state index is 0.591. The van der Waals surface area contributed by atoms with Crippen LogP contribution >= 0.6 is 0 Å². The molecule has 3 rings (SSSR count). The van der Waals surface area contributed by atoms with Crippen molar-refractivity contribution in [1.82, 2.24) is 4.98 Å². The van der Waals surface area contributed by atoms with Crippen molar-refractivity contribution in [3.63, 3.8) is 0 Å². The molecule has 0 amide bonds. The molecule has 3 heteroatoms. The van der Waals surface area contributed by atoms with Gasteiger partial charge in [-0.05, 0) is 17.4 Å². The fourth-order valence-corrected chi connectivity index (χ4v) is 1.94. The van der Waals surface area contributed by atoms with Gasteiger partial charge in [0, 0.05) is 17.0 Å². The zero-order chi connectivity index (χ0) is 11.0. The number of hydrogen-bond acceptors (Lipinski definition) is 2. The Bertz CT molecular complexity index is 667. The van der Waals surface area contributed by atoms with Gasteiger partial charge < -0.3 is 10.3 Å². The number of anilines is 1. The van der Waals surface area contributed by atoms with Crippen molar-refractivity contribution in [2.75, 3.05) is 5.32 Å². The summed E-state index contributed by atoms with van der Waals surface area (Å²) in [5.41, 5.74) is 1.65. The number of aromatic amines is 1. The lowest BCUT2D eigenvalue weighted by atomic mass is 10.2. The van der Waals surface area contributed by atoms with Crippen LogP contribution in [0.1, 0.15) is 5.56 Å². The molecular weight excluding hydrogens is 200 g/mol. The van der Waals surface area contributed by atoms with E-state index in [0.29, 0.717) is 5.70 Å². The first-order valence-corrected chi connectivity index (χ1v) is 5.09. The van der Waals surface area contributed by atoms with E-state index in [1.54, 1.807) is 0 Å². The molecule has 0 fully saturated rings. The maximum atomic E-state index is 11.1. The maximum Gasteiger partial charge on any atom is 0.166 e. The topological polar surface area (TPSA) is 44.9 Å². The van der Waals surface area contributed by atoms with Crippen LogP contribution in [-0.4, -0.2) is 11.3 Å². The Morgan fingerprint density at radius 2 is 2.00 bits per heavy atom. The first kappa shape index (κ1) is 8.97. The number of carbonyl (C=O) groups excluding carboxylic acids is 1. The van der Waals surface area contributed by atoms with E-state index < -0.39 is 0 Å². The van der Waals surface area contributed by atoms with Gasteiger partial charge in [-0.3, -0.25) is 4.79 Å². The molecule has 0 radical (unpaired) electrons. The zero-order valence-corrected chi connectivity index (χ0v) is 8.53. The summed E-state index contributed by atoms with van der Waals surface area (Å²) in [5.74, 6) is 0.860. The van der Waals surface area contributed by atoms with Crippen LogP contribution in [0.2, 0.25) is 0 Å². The van der Waals surface area contributed by atoms with Crippen LogP contribution in [-0.2, 0) is 4.79 Å². The fourth-order valence-electron chi connectivity index (χ4n) is 1.94. The number of fused-ring (bicyclic) bond motifs is 2. The van der Waals surface area contributed by atoms with Crippen LogP contribution in [0.15, 0.2) is 36.5 Å². The molecule has 0 aliphatic carbocycles. The molecule has 1 aromatic carbocycles. The van der Waals surface area contributed by atoms with Gasteiger partial charge in [0.05, 0.1) is 5.70 Å². The molecule has 16 heavy (non-hydrogen) atoms. The maximum absolute atomic E-state index is 11.1. The molecule has 0 saturated heterocycles. The second kappa shape index (κ2) is 3.38. The normalized spacial score (nSPS) is 12.9. The quantitative estimate of drug-likeness (QED) is 0.676. The van der Waals surface area contributed by atoms with Gasteiger partial charge >= 0.3 is 0 Å². The largest absolute Gasteiger partial charge is 0.348 e. The Kier molecular flexibility index (Phi) is 1.90. The summed E-state index contributed by atoms with van der Waals surface area (Å²) < 4.78 is 0. The molecule has 0 saturated carbocycles. The van der Waals surface area contributed by atoms with E-state index >= 15 is 0 Å². The number of aldehydes is 1. The molecule has 2 N–H and O–H groups in total. The highest BCUT2D eigenvalue weighted by Crippen LogP contribution is 2.16. The second-order valence-electron chi connectivity index (χ2n) is 3.70. The third-order valence-corrected chi connectivity index (χ3v) is 2.72. The summed E-state index contributed by atoms with van der Waals surface area (Å²) in [4.78, 5) is 14.2. The van der Waals surface area contributed by atoms with E-state index in [0.717, 1.165) is 28.1 Å². The smallest absolute Gasteiger partial charge is 0.166 e. The molecule has 0 bridgehead atoms. The minimum Gasteiger partial charge on any atom is -0.348 e. The van der Waals surface area contributed by atoms with Gasteiger partial charge in [-0.25, -0.2) is 0 Å². The van der Waals surface area contributed by atoms with Crippen LogP contribution in [0.4, 0.5) is 5.82 Å². The highest BCUT2D eigenvalue weighted by molar-refractivity contribution is 6.04. The number of benzene rings is 1. The Labute approximate surface area is 92.1 Å². The number of nitrogens with one attached hydrogen (secondary N) is 2.